The molecule has 0 unspecified atom stereocenters. The average molecular weight is 340 g/mol. The molecule has 0 aliphatic carbocycles. The lowest BCUT2D eigenvalue weighted by atomic mass is 10.00. The third-order valence-electron chi connectivity index (χ3n) is 3.29. The van der Waals surface area contributed by atoms with Crippen molar-refractivity contribution in [3.8, 4) is 0 Å². The van der Waals surface area contributed by atoms with Gasteiger partial charge in [-0.15, -0.1) is 0 Å². The fraction of sp³-hybridized carbons (Fsp3) is 0.308. The molecule has 1 atom stereocenters. The lowest BCUT2D eigenvalue weighted by Gasteiger charge is -2.19. The normalized spacial score (nSPS) is 21.9. The Bertz CT molecular complexity index is 573. The maximum atomic E-state index is 12.1. The lowest BCUT2D eigenvalue weighted by Crippen LogP contribution is -2.48. The van der Waals surface area contributed by atoms with Crippen molar-refractivity contribution in [2.75, 3.05) is 0 Å². The lowest BCUT2D eigenvalue weighted by molar-refractivity contribution is -0.132. The molecule has 0 spiro atoms. The van der Waals surface area contributed by atoms with Crippen molar-refractivity contribution in [3.05, 3.63) is 34.3 Å². The van der Waals surface area contributed by atoms with Crippen molar-refractivity contribution < 1.29 is 14.4 Å². The van der Waals surface area contributed by atoms with Crippen molar-refractivity contribution >= 4 is 33.8 Å². The summed E-state index contributed by atoms with van der Waals surface area (Å²) in [5, 5.41) is 3.29. The van der Waals surface area contributed by atoms with Crippen LogP contribution >= 0.6 is 15.9 Å². The monoisotopic (exact) mass is 339 g/mol. The van der Waals surface area contributed by atoms with E-state index in [1.165, 1.54) is 0 Å². The quantitative estimate of drug-likeness (QED) is 0.824. The average Bonchev–Trinajstić information content (AvgIpc) is 2.64. The van der Waals surface area contributed by atoms with Crippen molar-refractivity contribution in [1.29, 1.82) is 0 Å². The third kappa shape index (κ3) is 2.53. The summed E-state index contributed by atoms with van der Waals surface area (Å²) in [6.07, 6.45) is 0.447. The van der Waals surface area contributed by atoms with Crippen molar-refractivity contribution in [2.45, 2.75) is 25.8 Å². The zero-order chi connectivity index (χ0) is 14.9. The van der Waals surface area contributed by atoms with Crippen LogP contribution in [-0.2, 0) is 4.79 Å². The van der Waals surface area contributed by atoms with E-state index in [1.54, 1.807) is 38.1 Å². The number of urea groups is 1. The van der Waals surface area contributed by atoms with Crippen LogP contribution in [0, 0.1) is 0 Å². The summed E-state index contributed by atoms with van der Waals surface area (Å²) in [5.41, 5.74) is 1.71. The Hall–Kier alpha value is -1.89. The molecule has 0 aromatic heterocycles. The zero-order valence-corrected chi connectivity index (χ0v) is 12.7. The molecule has 1 aromatic rings. The number of rotatable bonds is 3. The first-order chi connectivity index (χ1) is 9.37. The summed E-state index contributed by atoms with van der Waals surface area (Å²) in [5.74, 6) is -0.975. The van der Waals surface area contributed by atoms with Gasteiger partial charge < -0.3 is 5.32 Å². The van der Waals surface area contributed by atoms with E-state index in [0.717, 1.165) is 9.48 Å². The molecule has 20 heavy (non-hydrogen) atoms. The van der Waals surface area contributed by atoms with E-state index in [0.29, 0.717) is 12.0 Å². The van der Waals surface area contributed by atoms with E-state index >= 15 is 0 Å². The second-order valence-electron chi connectivity index (χ2n) is 4.70. The van der Waals surface area contributed by atoms with Gasteiger partial charge in [-0.2, -0.15) is 5.01 Å². The van der Waals surface area contributed by atoms with Crippen LogP contribution in [-0.4, -0.2) is 28.4 Å². The van der Waals surface area contributed by atoms with Gasteiger partial charge in [0, 0.05) is 10.0 Å². The summed E-state index contributed by atoms with van der Waals surface area (Å²) in [6.45, 7) is 3.41. The van der Waals surface area contributed by atoms with Crippen LogP contribution in [0.25, 0.3) is 0 Å². The van der Waals surface area contributed by atoms with Gasteiger partial charge in [-0.25, -0.2) is 4.79 Å². The number of nitrogens with one attached hydrogen (secondary N) is 2. The van der Waals surface area contributed by atoms with Gasteiger partial charge in [-0.1, -0.05) is 22.9 Å². The largest absolute Gasteiger partial charge is 0.344 e. The van der Waals surface area contributed by atoms with E-state index in [2.05, 4.69) is 26.7 Å². The maximum absolute atomic E-state index is 12.1. The predicted molar refractivity (Wildman–Crippen MR) is 75.7 cm³/mol. The van der Waals surface area contributed by atoms with Crippen LogP contribution in [0.2, 0.25) is 0 Å². The van der Waals surface area contributed by atoms with Gasteiger partial charge in [-0.05, 0) is 37.6 Å². The summed E-state index contributed by atoms with van der Waals surface area (Å²) < 4.78 is 0.836. The van der Waals surface area contributed by atoms with Crippen molar-refractivity contribution in [1.82, 2.24) is 15.8 Å². The summed E-state index contributed by atoms with van der Waals surface area (Å²) in [6, 6.07) is 5.98. The van der Waals surface area contributed by atoms with Gasteiger partial charge >= 0.3 is 6.03 Å². The van der Waals surface area contributed by atoms with E-state index < -0.39 is 23.4 Å². The number of carbonyl (C=O) groups excluding carboxylic acids is 3. The minimum atomic E-state index is -0.968. The van der Waals surface area contributed by atoms with Gasteiger partial charge in [0.05, 0.1) is 0 Å². The molecule has 7 heteroatoms. The second kappa shape index (κ2) is 5.24. The smallest absolute Gasteiger partial charge is 0.322 e. The molecule has 1 heterocycles. The molecule has 106 valence electrons. The number of imide groups is 1. The molecule has 6 nitrogen and oxygen atoms in total. The molecular weight excluding hydrogens is 326 g/mol. The molecule has 0 radical (unpaired) electrons. The van der Waals surface area contributed by atoms with Crippen LogP contribution < -0.4 is 10.7 Å². The van der Waals surface area contributed by atoms with Crippen LogP contribution in [0.3, 0.4) is 0 Å². The molecule has 0 bridgehead atoms. The van der Waals surface area contributed by atoms with Crippen molar-refractivity contribution in [2.24, 2.45) is 0 Å². The van der Waals surface area contributed by atoms with E-state index in [-0.39, 0.29) is 0 Å². The zero-order valence-electron chi connectivity index (χ0n) is 11.1. The van der Waals surface area contributed by atoms with E-state index in [4.69, 9.17) is 0 Å². The molecule has 1 aliphatic rings. The molecule has 1 aromatic carbocycles. The summed E-state index contributed by atoms with van der Waals surface area (Å²) >= 11 is 3.27. The Balaban J connectivity index is 2.14. The highest BCUT2D eigenvalue weighted by Crippen LogP contribution is 2.19. The van der Waals surface area contributed by atoms with Crippen LogP contribution in [0.1, 0.15) is 30.6 Å². The van der Waals surface area contributed by atoms with Gasteiger partial charge in [0.1, 0.15) is 5.54 Å². The highest BCUT2D eigenvalue weighted by Gasteiger charge is 2.47. The maximum Gasteiger partial charge on any atom is 0.344 e. The SMILES string of the molecule is CC[C@]1(C)NC(=O)N(NC(=O)c2ccc(Br)cc2)C1=O. The second-order valence-corrected chi connectivity index (χ2v) is 5.62. The number of benzene rings is 1. The standard InChI is InChI=1S/C13H14BrN3O3/c1-3-13(2)11(19)17(12(20)15-13)16-10(18)8-4-6-9(14)7-5-8/h4-7H,3H2,1-2H3,(H,15,20)(H,16,18)/t13-/m0/s1. The number of hydrogen-bond acceptors (Lipinski definition) is 3. The number of amides is 4. The molecular formula is C13H14BrN3O3. The van der Waals surface area contributed by atoms with E-state index in [1.807, 2.05) is 0 Å². The first kappa shape index (κ1) is 14.5. The van der Waals surface area contributed by atoms with Gasteiger partial charge in [0.15, 0.2) is 0 Å². The number of halogens is 1. The highest BCUT2D eigenvalue weighted by atomic mass is 79.9. The van der Waals surface area contributed by atoms with Crippen LogP contribution in [0.15, 0.2) is 28.7 Å². The Labute approximate surface area is 124 Å². The number of nitrogens with zero attached hydrogens (tertiary/aromatic N) is 1. The topological polar surface area (TPSA) is 78.5 Å². The third-order valence-corrected chi connectivity index (χ3v) is 3.82. The van der Waals surface area contributed by atoms with Gasteiger partial charge in [0.2, 0.25) is 0 Å². The molecule has 1 aliphatic heterocycles. The number of hydrogen-bond donors (Lipinski definition) is 2. The highest BCUT2D eigenvalue weighted by molar-refractivity contribution is 9.10. The number of carbonyl (C=O) groups is 3. The predicted octanol–water partition coefficient (Wildman–Crippen LogP) is 1.81. The summed E-state index contributed by atoms with van der Waals surface area (Å²) in [7, 11) is 0. The summed E-state index contributed by atoms with van der Waals surface area (Å²) in [4.78, 5) is 35.9. The fourth-order valence-corrected chi connectivity index (χ4v) is 2.06. The molecule has 1 saturated heterocycles. The fourth-order valence-electron chi connectivity index (χ4n) is 1.79. The molecule has 0 saturated carbocycles. The molecule has 2 rings (SSSR count). The molecule has 2 N–H and O–H groups in total. The first-order valence-electron chi connectivity index (χ1n) is 6.10. The number of hydrazine groups is 1. The Kier molecular flexibility index (Phi) is 3.80. The van der Waals surface area contributed by atoms with Gasteiger partial charge in [-0.3, -0.25) is 15.0 Å². The Morgan fingerprint density at radius 2 is 1.95 bits per heavy atom. The Morgan fingerprint density at radius 3 is 2.45 bits per heavy atom. The van der Waals surface area contributed by atoms with Crippen molar-refractivity contribution in [3.63, 3.8) is 0 Å². The minimum Gasteiger partial charge on any atom is -0.322 e. The first-order valence-corrected chi connectivity index (χ1v) is 6.90. The van der Waals surface area contributed by atoms with Crippen LogP contribution in [0.5, 0.6) is 0 Å². The van der Waals surface area contributed by atoms with E-state index in [9.17, 15) is 14.4 Å². The molecule has 4 amide bonds. The van der Waals surface area contributed by atoms with Gasteiger partial charge in [0.25, 0.3) is 11.8 Å². The Morgan fingerprint density at radius 1 is 1.35 bits per heavy atom. The van der Waals surface area contributed by atoms with Crippen LogP contribution in [0.4, 0.5) is 4.79 Å². The minimum absolute atomic E-state index is 0.360. The molecule has 1 fully saturated rings.